The molecule has 38 heavy (non-hydrogen) atoms. The Balaban J connectivity index is 1.56. The fourth-order valence-corrected chi connectivity index (χ4v) is 6.84. The van der Waals surface area contributed by atoms with Crippen LogP contribution in [0, 0.1) is 30.1 Å². The standard InChI is InChI=1S/C30H35BrO7/c1-15(2)10-21(32)19-8-9-22-24(27(19)35-5)28(33)36-14-20-25(31)16(3)11-23(26(20)37-22)38-29(34)30(4)13-17-6-7-18(30)12-17/h8-9,11,15,17-18,21,32H,6-7,10,12-14H2,1-5H3/t17-,18+,21+,30+/m1/s1. The van der Waals surface area contributed by atoms with Gasteiger partial charge in [-0.05, 0) is 97.0 Å². The Morgan fingerprint density at radius 1 is 1.29 bits per heavy atom. The topological polar surface area (TPSA) is 91.3 Å². The van der Waals surface area contributed by atoms with Crippen molar-refractivity contribution >= 4 is 27.9 Å². The Kier molecular flexibility index (Phi) is 7.24. The van der Waals surface area contributed by atoms with E-state index < -0.39 is 17.5 Å². The number of cyclic esters (lactones) is 1. The number of esters is 2. The van der Waals surface area contributed by atoms with Crippen LogP contribution < -0.4 is 14.2 Å². The lowest BCUT2D eigenvalue weighted by atomic mass is 9.75. The van der Waals surface area contributed by atoms with Crippen molar-refractivity contribution in [1.82, 2.24) is 0 Å². The summed E-state index contributed by atoms with van der Waals surface area (Å²) in [5.74, 6) is 1.30. The van der Waals surface area contributed by atoms with Crippen LogP contribution in [0.1, 0.15) is 86.0 Å². The van der Waals surface area contributed by atoms with Crippen LogP contribution in [-0.4, -0.2) is 24.2 Å². The molecule has 0 unspecified atom stereocenters. The van der Waals surface area contributed by atoms with Crippen molar-refractivity contribution in [2.45, 2.75) is 72.5 Å². The van der Waals surface area contributed by atoms with E-state index in [1.165, 1.54) is 13.5 Å². The summed E-state index contributed by atoms with van der Waals surface area (Å²) >= 11 is 3.60. The van der Waals surface area contributed by atoms with Crippen LogP contribution in [0.25, 0.3) is 0 Å². The summed E-state index contributed by atoms with van der Waals surface area (Å²) in [6, 6.07) is 5.10. The van der Waals surface area contributed by atoms with Crippen molar-refractivity contribution in [3.05, 3.63) is 44.9 Å². The molecule has 204 valence electrons. The Morgan fingerprint density at radius 3 is 2.68 bits per heavy atom. The minimum absolute atomic E-state index is 0.0903. The molecule has 0 radical (unpaired) electrons. The molecule has 1 heterocycles. The second-order valence-electron chi connectivity index (χ2n) is 11.6. The number of aliphatic hydroxyl groups is 1. The summed E-state index contributed by atoms with van der Waals surface area (Å²) < 4.78 is 24.5. The number of carbonyl (C=O) groups is 2. The number of hydrogen-bond acceptors (Lipinski definition) is 7. The van der Waals surface area contributed by atoms with Gasteiger partial charge in [0.25, 0.3) is 0 Å². The summed E-state index contributed by atoms with van der Waals surface area (Å²) in [7, 11) is 1.45. The summed E-state index contributed by atoms with van der Waals surface area (Å²) in [4.78, 5) is 26.8. The molecule has 0 amide bonds. The third-order valence-corrected chi connectivity index (χ3v) is 9.56. The zero-order chi connectivity index (χ0) is 27.4. The molecule has 2 aromatic rings. The number of aliphatic hydroxyl groups excluding tert-OH is 1. The van der Waals surface area contributed by atoms with Gasteiger partial charge in [-0.1, -0.05) is 20.3 Å². The van der Waals surface area contributed by atoms with Gasteiger partial charge in [0, 0.05) is 10.0 Å². The zero-order valence-corrected chi connectivity index (χ0v) is 24.1. The Morgan fingerprint density at radius 2 is 2.05 bits per heavy atom. The lowest BCUT2D eigenvalue weighted by Crippen LogP contribution is -2.37. The molecular formula is C30H35BrO7. The van der Waals surface area contributed by atoms with Crippen LogP contribution in [0.5, 0.6) is 23.0 Å². The Bertz CT molecular complexity index is 1290. The van der Waals surface area contributed by atoms with Crippen LogP contribution in [0.4, 0.5) is 0 Å². The molecule has 0 saturated heterocycles. The highest BCUT2D eigenvalue weighted by atomic mass is 79.9. The first-order valence-electron chi connectivity index (χ1n) is 13.3. The number of fused-ring (bicyclic) bond motifs is 4. The first-order chi connectivity index (χ1) is 18.0. The number of methoxy groups -OCH3 is 1. The number of carbonyl (C=O) groups excluding carboxylic acids is 2. The Hall–Kier alpha value is -2.58. The molecule has 0 aromatic heterocycles. The monoisotopic (exact) mass is 586 g/mol. The number of halogens is 1. The molecule has 1 N–H and O–H groups in total. The van der Waals surface area contributed by atoms with E-state index in [0.717, 1.165) is 24.8 Å². The van der Waals surface area contributed by atoms with E-state index >= 15 is 0 Å². The van der Waals surface area contributed by atoms with Gasteiger partial charge >= 0.3 is 11.9 Å². The Labute approximate surface area is 231 Å². The van der Waals surface area contributed by atoms with Gasteiger partial charge in [0.15, 0.2) is 11.5 Å². The third kappa shape index (κ3) is 4.60. The van der Waals surface area contributed by atoms with Gasteiger partial charge in [-0.2, -0.15) is 0 Å². The summed E-state index contributed by atoms with van der Waals surface area (Å²) in [6.07, 6.45) is 3.83. The predicted octanol–water partition coefficient (Wildman–Crippen LogP) is 7.04. The van der Waals surface area contributed by atoms with Gasteiger partial charge in [-0.3, -0.25) is 4.79 Å². The number of aryl methyl sites for hydroxylation is 1. The smallest absolute Gasteiger partial charge is 0.346 e. The number of hydrogen-bond donors (Lipinski definition) is 1. The van der Waals surface area contributed by atoms with Crippen LogP contribution in [0.15, 0.2) is 22.7 Å². The summed E-state index contributed by atoms with van der Waals surface area (Å²) in [5, 5.41) is 10.8. The highest BCUT2D eigenvalue weighted by molar-refractivity contribution is 9.10. The van der Waals surface area contributed by atoms with Crippen LogP contribution in [0.2, 0.25) is 0 Å². The SMILES string of the molecule is COc1c([C@@H](O)CC(C)C)ccc2c1C(=O)OCc1c(Br)c(C)cc(OC(=O)[C@@]3(C)C[C@@H]4CC[C@H]3C4)c1O2. The molecule has 2 aliphatic carbocycles. The molecular weight excluding hydrogens is 552 g/mol. The van der Waals surface area contributed by atoms with Gasteiger partial charge in [0.1, 0.15) is 23.7 Å². The lowest BCUT2D eigenvalue weighted by Gasteiger charge is -2.32. The van der Waals surface area contributed by atoms with Crippen molar-refractivity contribution in [2.75, 3.05) is 7.11 Å². The minimum Gasteiger partial charge on any atom is -0.495 e. The highest BCUT2D eigenvalue weighted by Gasteiger charge is 2.53. The molecule has 2 saturated carbocycles. The van der Waals surface area contributed by atoms with E-state index in [9.17, 15) is 14.7 Å². The first-order valence-corrected chi connectivity index (χ1v) is 14.1. The van der Waals surface area contributed by atoms with Crippen molar-refractivity contribution in [3.8, 4) is 23.0 Å². The van der Waals surface area contributed by atoms with Gasteiger partial charge < -0.3 is 24.1 Å². The number of rotatable bonds is 6. The van der Waals surface area contributed by atoms with Crippen molar-refractivity contribution in [2.24, 2.45) is 23.2 Å². The van der Waals surface area contributed by atoms with Gasteiger partial charge in [-0.15, -0.1) is 0 Å². The average molecular weight is 588 g/mol. The second-order valence-corrected chi connectivity index (χ2v) is 12.4. The summed E-state index contributed by atoms with van der Waals surface area (Å²) in [6.45, 7) is 7.83. The average Bonchev–Trinajstić information content (AvgIpc) is 3.46. The molecule has 1 aliphatic heterocycles. The molecule has 3 aliphatic rings. The number of benzene rings is 2. The molecule has 8 heteroatoms. The normalized spacial score (nSPS) is 24.6. The second kappa shape index (κ2) is 10.2. The zero-order valence-electron chi connectivity index (χ0n) is 22.6. The van der Waals surface area contributed by atoms with E-state index in [-0.39, 0.29) is 35.6 Å². The maximum absolute atomic E-state index is 13.5. The molecule has 4 atom stereocenters. The quantitative estimate of drug-likeness (QED) is 0.286. The molecule has 2 bridgehead atoms. The summed E-state index contributed by atoms with van der Waals surface area (Å²) in [5.41, 5.74) is 1.46. The largest absolute Gasteiger partial charge is 0.495 e. The van der Waals surface area contributed by atoms with E-state index in [2.05, 4.69) is 15.9 Å². The lowest BCUT2D eigenvalue weighted by molar-refractivity contribution is -0.148. The third-order valence-electron chi connectivity index (χ3n) is 8.45. The maximum atomic E-state index is 13.5. The molecule has 0 spiro atoms. The minimum atomic E-state index is -0.823. The van der Waals surface area contributed by atoms with Crippen molar-refractivity contribution in [3.63, 3.8) is 0 Å². The van der Waals surface area contributed by atoms with Crippen LogP contribution in [0.3, 0.4) is 0 Å². The van der Waals surface area contributed by atoms with Gasteiger partial charge in [0.05, 0.1) is 24.2 Å². The number of ether oxygens (including phenoxy) is 4. The van der Waals surface area contributed by atoms with E-state index in [1.807, 2.05) is 27.7 Å². The predicted molar refractivity (Wildman–Crippen MR) is 145 cm³/mol. The van der Waals surface area contributed by atoms with Gasteiger partial charge in [-0.25, -0.2) is 4.79 Å². The first kappa shape index (κ1) is 27.0. The van der Waals surface area contributed by atoms with E-state index in [1.54, 1.807) is 18.2 Å². The molecule has 2 fully saturated rings. The van der Waals surface area contributed by atoms with Crippen LogP contribution in [-0.2, 0) is 16.1 Å². The molecule has 2 aromatic carbocycles. The fraction of sp³-hybridized carbons (Fsp3) is 0.533. The van der Waals surface area contributed by atoms with E-state index in [4.69, 9.17) is 18.9 Å². The molecule has 5 rings (SSSR count). The van der Waals surface area contributed by atoms with Crippen molar-refractivity contribution < 1.29 is 33.6 Å². The van der Waals surface area contributed by atoms with Crippen LogP contribution >= 0.6 is 15.9 Å². The highest BCUT2D eigenvalue weighted by Crippen LogP contribution is 2.57. The van der Waals surface area contributed by atoms with E-state index in [0.29, 0.717) is 45.4 Å². The molecule has 7 nitrogen and oxygen atoms in total. The van der Waals surface area contributed by atoms with Gasteiger partial charge in [0.2, 0.25) is 0 Å². The maximum Gasteiger partial charge on any atom is 0.346 e. The fourth-order valence-electron chi connectivity index (χ4n) is 6.44. The van der Waals surface area contributed by atoms with Crippen molar-refractivity contribution in [1.29, 1.82) is 0 Å².